The van der Waals surface area contributed by atoms with Crippen molar-refractivity contribution in [3.05, 3.63) is 48.4 Å². The molecule has 0 radical (unpaired) electrons. The van der Waals surface area contributed by atoms with Crippen molar-refractivity contribution in [3.63, 3.8) is 0 Å². The fourth-order valence-electron chi connectivity index (χ4n) is 4.32. The normalized spacial score (nSPS) is 19.5. The van der Waals surface area contributed by atoms with Gasteiger partial charge in [-0.15, -0.1) is 0 Å². The summed E-state index contributed by atoms with van der Waals surface area (Å²) in [5.74, 6) is 1.97. The second kappa shape index (κ2) is 8.69. The quantitative estimate of drug-likeness (QED) is 0.813. The molecule has 2 saturated heterocycles. The molecule has 2 aliphatic heterocycles. The lowest BCUT2D eigenvalue weighted by atomic mass is 9.91. The Morgan fingerprint density at radius 3 is 2.39 bits per heavy atom. The van der Waals surface area contributed by atoms with Gasteiger partial charge in [-0.1, -0.05) is 18.2 Å². The zero-order chi connectivity index (χ0) is 19.3. The van der Waals surface area contributed by atoms with Gasteiger partial charge in [0.25, 0.3) is 0 Å². The Labute approximate surface area is 166 Å². The number of carbonyl (C=O) groups excluding carboxylic acids is 1. The summed E-state index contributed by atoms with van der Waals surface area (Å²) in [4.78, 5) is 25.1. The molecule has 0 bridgehead atoms. The summed E-state index contributed by atoms with van der Waals surface area (Å²) in [7, 11) is 0. The lowest BCUT2D eigenvalue weighted by Crippen LogP contribution is -2.48. The average Bonchev–Trinajstić information content (AvgIpc) is 2.75. The highest BCUT2D eigenvalue weighted by Gasteiger charge is 2.29. The summed E-state index contributed by atoms with van der Waals surface area (Å²) in [5, 5.41) is 0. The third kappa shape index (κ3) is 4.50. The summed E-state index contributed by atoms with van der Waals surface area (Å²) in [6.45, 7) is 5.62. The van der Waals surface area contributed by atoms with Crippen LogP contribution in [-0.2, 0) is 4.79 Å². The van der Waals surface area contributed by atoms with Gasteiger partial charge in [-0.2, -0.15) is 0 Å². The Kier molecular flexibility index (Phi) is 5.86. The first kappa shape index (κ1) is 18.9. The number of carbonyl (C=O) groups is 1. The van der Waals surface area contributed by atoms with Gasteiger partial charge in [0.05, 0.1) is 11.9 Å². The topological polar surface area (TPSA) is 58.6 Å². The molecule has 3 heterocycles. The second-order valence-electron chi connectivity index (χ2n) is 7.74. The predicted molar refractivity (Wildman–Crippen MR) is 107 cm³/mol. The maximum absolute atomic E-state index is 11.5. The van der Waals surface area contributed by atoms with E-state index in [9.17, 15) is 4.79 Å². The van der Waals surface area contributed by atoms with E-state index in [0.29, 0.717) is 17.8 Å². The third-order valence-electron chi connectivity index (χ3n) is 5.97. The maximum atomic E-state index is 11.5. The molecule has 0 spiro atoms. The van der Waals surface area contributed by atoms with E-state index < -0.39 is 0 Å². The highest BCUT2D eigenvalue weighted by Crippen LogP contribution is 2.30. The third-order valence-corrected chi connectivity index (χ3v) is 5.97. The van der Waals surface area contributed by atoms with Gasteiger partial charge in [0.15, 0.2) is 0 Å². The smallest absolute Gasteiger partial charge is 0.238 e. The molecular weight excluding hydrogens is 352 g/mol. The van der Waals surface area contributed by atoms with Crippen LogP contribution in [-0.4, -0.2) is 57.9 Å². The number of rotatable bonds is 4. The van der Waals surface area contributed by atoms with Gasteiger partial charge >= 0.3 is 0 Å². The van der Waals surface area contributed by atoms with Crippen molar-refractivity contribution in [2.45, 2.75) is 44.6 Å². The summed E-state index contributed by atoms with van der Waals surface area (Å²) in [5.41, 5.74) is 1.03. The molecule has 6 heteroatoms. The monoisotopic (exact) mass is 380 g/mol. The Morgan fingerprint density at radius 1 is 1.00 bits per heavy atom. The molecule has 1 aromatic heterocycles. The van der Waals surface area contributed by atoms with Crippen LogP contribution in [0.3, 0.4) is 0 Å². The van der Waals surface area contributed by atoms with Crippen LogP contribution in [0, 0.1) is 0 Å². The van der Waals surface area contributed by atoms with Crippen LogP contribution in [0.25, 0.3) is 0 Å². The maximum Gasteiger partial charge on any atom is 0.238 e. The van der Waals surface area contributed by atoms with E-state index in [0.717, 1.165) is 63.3 Å². The van der Waals surface area contributed by atoms with Gasteiger partial charge in [-0.25, -0.2) is 4.98 Å². The van der Waals surface area contributed by atoms with E-state index in [2.05, 4.69) is 9.88 Å². The SMILES string of the molecule is CC(=O)N1CCC(N2CCC(c3cncc(Oc4ccccc4)n3)CC2)CC1. The Morgan fingerprint density at radius 2 is 1.71 bits per heavy atom. The fraction of sp³-hybridized carbons (Fsp3) is 0.500. The number of nitrogens with zero attached hydrogens (tertiary/aromatic N) is 4. The molecule has 2 fully saturated rings. The van der Waals surface area contributed by atoms with E-state index in [-0.39, 0.29) is 5.91 Å². The molecule has 0 N–H and O–H groups in total. The fourth-order valence-corrected chi connectivity index (χ4v) is 4.32. The number of aromatic nitrogens is 2. The highest BCUT2D eigenvalue weighted by atomic mass is 16.5. The van der Waals surface area contributed by atoms with E-state index in [1.165, 1.54) is 0 Å². The first-order valence-corrected chi connectivity index (χ1v) is 10.2. The molecule has 0 saturated carbocycles. The van der Waals surface area contributed by atoms with Crippen LogP contribution < -0.4 is 4.74 Å². The van der Waals surface area contributed by atoms with E-state index >= 15 is 0 Å². The first-order chi connectivity index (χ1) is 13.7. The molecule has 28 heavy (non-hydrogen) atoms. The summed E-state index contributed by atoms with van der Waals surface area (Å²) < 4.78 is 5.84. The highest BCUT2D eigenvalue weighted by molar-refractivity contribution is 5.73. The van der Waals surface area contributed by atoms with Crippen molar-refractivity contribution in [1.29, 1.82) is 0 Å². The second-order valence-corrected chi connectivity index (χ2v) is 7.74. The van der Waals surface area contributed by atoms with Gasteiger partial charge in [0.1, 0.15) is 5.75 Å². The van der Waals surface area contributed by atoms with Gasteiger partial charge in [-0.05, 0) is 50.9 Å². The van der Waals surface area contributed by atoms with Crippen LogP contribution in [0.2, 0.25) is 0 Å². The van der Waals surface area contributed by atoms with Crippen molar-refractivity contribution in [2.24, 2.45) is 0 Å². The lowest BCUT2D eigenvalue weighted by Gasteiger charge is -2.41. The minimum atomic E-state index is 0.202. The van der Waals surface area contributed by atoms with Crippen LogP contribution >= 0.6 is 0 Å². The van der Waals surface area contributed by atoms with Crippen molar-refractivity contribution >= 4 is 5.91 Å². The van der Waals surface area contributed by atoms with Gasteiger partial charge in [0.2, 0.25) is 11.8 Å². The summed E-state index contributed by atoms with van der Waals surface area (Å²) >= 11 is 0. The van der Waals surface area contributed by atoms with Crippen LogP contribution in [0.5, 0.6) is 11.6 Å². The molecule has 0 atom stereocenters. The van der Waals surface area contributed by atoms with Gasteiger partial charge < -0.3 is 14.5 Å². The number of amides is 1. The first-order valence-electron chi connectivity index (χ1n) is 10.2. The molecule has 148 valence electrons. The minimum absolute atomic E-state index is 0.202. The molecule has 2 aromatic rings. The van der Waals surface area contributed by atoms with Crippen LogP contribution in [0.15, 0.2) is 42.7 Å². The Balaban J connectivity index is 1.32. The Hall–Kier alpha value is -2.47. The summed E-state index contributed by atoms with van der Waals surface area (Å²) in [6, 6.07) is 10.3. The number of hydrogen-bond donors (Lipinski definition) is 0. The van der Waals surface area contributed by atoms with E-state index in [1.807, 2.05) is 41.4 Å². The predicted octanol–water partition coefficient (Wildman–Crippen LogP) is 3.46. The van der Waals surface area contributed by atoms with Gasteiger partial charge in [0, 0.05) is 38.2 Å². The van der Waals surface area contributed by atoms with Crippen LogP contribution in [0.4, 0.5) is 0 Å². The largest absolute Gasteiger partial charge is 0.437 e. The summed E-state index contributed by atoms with van der Waals surface area (Å²) in [6.07, 6.45) is 7.92. The van der Waals surface area contributed by atoms with Crippen molar-refractivity contribution in [2.75, 3.05) is 26.2 Å². The molecule has 2 aliphatic rings. The standard InChI is InChI=1S/C22H28N4O2/c1-17(27)25-13-9-19(10-14-25)26-11-7-18(8-12-26)21-15-23-16-22(24-21)28-20-5-3-2-4-6-20/h2-6,15-16,18-19H,7-14H2,1H3. The van der Waals surface area contributed by atoms with Crippen molar-refractivity contribution in [1.82, 2.24) is 19.8 Å². The number of ether oxygens (including phenoxy) is 1. The lowest BCUT2D eigenvalue weighted by molar-refractivity contribution is -0.130. The Bertz CT molecular complexity index is 782. The molecule has 1 amide bonds. The zero-order valence-corrected chi connectivity index (χ0v) is 16.5. The van der Waals surface area contributed by atoms with E-state index in [4.69, 9.17) is 9.72 Å². The van der Waals surface area contributed by atoms with Crippen molar-refractivity contribution in [3.8, 4) is 11.6 Å². The number of piperidine rings is 2. The number of likely N-dealkylation sites (tertiary alicyclic amines) is 2. The molecular formula is C22H28N4O2. The van der Waals surface area contributed by atoms with Crippen LogP contribution in [0.1, 0.15) is 44.2 Å². The van der Waals surface area contributed by atoms with Gasteiger partial charge in [-0.3, -0.25) is 9.78 Å². The number of hydrogen-bond acceptors (Lipinski definition) is 5. The molecule has 1 aromatic carbocycles. The molecule has 6 nitrogen and oxygen atoms in total. The number of benzene rings is 1. The zero-order valence-electron chi connectivity index (χ0n) is 16.5. The number of para-hydroxylation sites is 1. The average molecular weight is 380 g/mol. The molecule has 0 unspecified atom stereocenters. The van der Waals surface area contributed by atoms with Crippen molar-refractivity contribution < 1.29 is 9.53 Å². The molecule has 4 rings (SSSR count). The minimum Gasteiger partial charge on any atom is -0.437 e. The molecule has 0 aliphatic carbocycles. The van der Waals surface area contributed by atoms with E-state index in [1.54, 1.807) is 13.1 Å².